The van der Waals surface area contributed by atoms with Crippen LogP contribution in [0.5, 0.6) is 0 Å². The summed E-state index contributed by atoms with van der Waals surface area (Å²) >= 11 is 1.80. The summed E-state index contributed by atoms with van der Waals surface area (Å²) in [5, 5.41) is 0. The van der Waals surface area contributed by atoms with Crippen LogP contribution >= 0.6 is 0 Å². The Hall–Kier alpha value is 0.966. The van der Waals surface area contributed by atoms with Crippen LogP contribution in [0.1, 0.15) is 68.2 Å². The maximum Gasteiger partial charge on any atom is -1.00 e. The van der Waals surface area contributed by atoms with E-state index in [2.05, 4.69) is 91.2 Å². The molecule has 0 aromatic carbocycles. The molecule has 148 valence electrons. The van der Waals surface area contributed by atoms with Gasteiger partial charge in [-0.2, -0.15) is 11.1 Å². The number of halogens is 2. The van der Waals surface area contributed by atoms with Crippen LogP contribution in [0.15, 0.2) is 34.4 Å². The maximum absolute atomic E-state index is 3.30. The standard InChI is InChI=1S/2C10H15.C2H6Ge.2ClH.Zr/c2*1-8-5-6-9(7-8)10(2,3)4;1-3-2;;;/h2*7H,6H2,1-4H3;1-2H3;2*1H;/q2*-1;;;;+2/p-2. The van der Waals surface area contributed by atoms with Crippen molar-refractivity contribution in [3.63, 3.8) is 0 Å². The molecule has 0 unspecified atom stereocenters. The fourth-order valence-electron chi connectivity index (χ4n) is 2.16. The van der Waals surface area contributed by atoms with Gasteiger partial charge in [-0.3, -0.25) is 12.2 Å². The summed E-state index contributed by atoms with van der Waals surface area (Å²) in [4.78, 5) is 0. The van der Waals surface area contributed by atoms with Crippen LogP contribution in [-0.2, 0) is 21.6 Å². The van der Waals surface area contributed by atoms with E-state index in [1.807, 2.05) is 0 Å². The molecule has 4 heteroatoms. The van der Waals surface area contributed by atoms with E-state index >= 15 is 0 Å². The molecule has 0 aliphatic heterocycles. The molecule has 2 rings (SSSR count). The minimum absolute atomic E-state index is 0. The van der Waals surface area contributed by atoms with Crippen molar-refractivity contribution >= 4 is 9.98 Å². The molecule has 26 heavy (non-hydrogen) atoms. The van der Waals surface area contributed by atoms with Gasteiger partial charge >= 0.3 is 43.1 Å². The van der Waals surface area contributed by atoms with Gasteiger partial charge < -0.3 is 24.8 Å². The van der Waals surface area contributed by atoms with Gasteiger partial charge in [-0.25, -0.2) is 23.3 Å². The first-order valence-electron chi connectivity index (χ1n) is 8.82. The molecular formula is C22H36Cl2GeZr-2. The molecule has 0 atom stereocenters. The van der Waals surface area contributed by atoms with Crippen molar-refractivity contribution in [2.24, 2.45) is 10.8 Å². The molecule has 0 saturated carbocycles. The average molecular weight is 535 g/mol. The first-order chi connectivity index (χ1) is 10.7. The van der Waals surface area contributed by atoms with Gasteiger partial charge in [0.25, 0.3) is 0 Å². The van der Waals surface area contributed by atoms with E-state index in [1.165, 1.54) is 22.3 Å². The zero-order valence-electron chi connectivity index (χ0n) is 18.3. The Morgan fingerprint density at radius 3 is 1.08 bits per heavy atom. The van der Waals surface area contributed by atoms with Gasteiger partial charge in [0.15, 0.2) is 0 Å². The summed E-state index contributed by atoms with van der Waals surface area (Å²) in [7, 11) is -0.243. The van der Waals surface area contributed by atoms with Crippen molar-refractivity contribution in [3.05, 3.63) is 46.6 Å². The van der Waals surface area contributed by atoms with E-state index in [0.717, 1.165) is 12.8 Å². The summed E-state index contributed by atoms with van der Waals surface area (Å²) < 4.78 is 0. The van der Waals surface area contributed by atoms with Crippen LogP contribution in [0.3, 0.4) is 0 Å². The summed E-state index contributed by atoms with van der Waals surface area (Å²) in [6, 6.07) is 0. The zero-order chi connectivity index (χ0) is 19.1. The Morgan fingerprint density at radius 1 is 0.769 bits per heavy atom. The van der Waals surface area contributed by atoms with Crippen molar-refractivity contribution in [2.75, 3.05) is 0 Å². The van der Waals surface area contributed by atoms with Gasteiger partial charge in [0, 0.05) is 0 Å². The van der Waals surface area contributed by atoms with E-state index < -0.39 is 0 Å². The SMILES string of the molecule is CC1=[C-]CC(C(C)(C)C)=C1.CC1=[C-]CC(C(C)(C)C)=C1.[CH3][Ge]([CH3])=[Zr+2].[Cl-].[Cl-]. The number of allylic oxidation sites excluding steroid dienone is 8. The minimum atomic E-state index is -0.243. The van der Waals surface area contributed by atoms with Gasteiger partial charge in [0.2, 0.25) is 0 Å². The molecule has 0 radical (unpaired) electrons. The summed E-state index contributed by atoms with van der Waals surface area (Å²) in [6.07, 6.45) is 13.2. The Morgan fingerprint density at radius 2 is 1.00 bits per heavy atom. The topological polar surface area (TPSA) is 0 Å². The Labute approximate surface area is 192 Å². The van der Waals surface area contributed by atoms with Crippen LogP contribution in [0.4, 0.5) is 0 Å². The molecule has 0 heterocycles. The fourth-order valence-corrected chi connectivity index (χ4v) is 2.16. The van der Waals surface area contributed by atoms with Crippen LogP contribution in [-0.4, -0.2) is 9.98 Å². The molecule has 2 aliphatic carbocycles. The average Bonchev–Trinajstić information content (AvgIpc) is 2.96. The van der Waals surface area contributed by atoms with Crippen molar-refractivity contribution in [2.45, 2.75) is 79.7 Å². The summed E-state index contributed by atoms with van der Waals surface area (Å²) in [6.45, 7) is 17.7. The van der Waals surface area contributed by atoms with E-state index in [9.17, 15) is 0 Å². The zero-order valence-corrected chi connectivity index (χ0v) is 24.4. The monoisotopic (exact) mass is 534 g/mol. The predicted octanol–water partition coefficient (Wildman–Crippen LogP) is 1.02. The van der Waals surface area contributed by atoms with Crippen molar-refractivity contribution < 1.29 is 46.4 Å². The first kappa shape index (κ1) is 31.7. The third-order valence-corrected chi connectivity index (χ3v) is 3.82. The first-order valence-corrected chi connectivity index (χ1v) is 20.5. The molecule has 2 aliphatic rings. The van der Waals surface area contributed by atoms with Gasteiger partial charge in [0.1, 0.15) is 0 Å². The third-order valence-electron chi connectivity index (χ3n) is 3.82. The number of hydrogen-bond acceptors (Lipinski definition) is 0. The Balaban J connectivity index is -0.000000319. The molecule has 0 fully saturated rings. The molecule has 0 aromatic rings. The summed E-state index contributed by atoms with van der Waals surface area (Å²) in [5.74, 6) is 4.75. The van der Waals surface area contributed by atoms with Crippen molar-refractivity contribution in [1.29, 1.82) is 0 Å². The van der Waals surface area contributed by atoms with Gasteiger partial charge in [-0.15, -0.1) is 12.8 Å². The van der Waals surface area contributed by atoms with Crippen LogP contribution in [0, 0.1) is 23.0 Å². The Bertz CT molecular complexity index is 518. The molecule has 0 bridgehead atoms. The normalized spacial score (nSPS) is 15.5. The largest absolute Gasteiger partial charge is 1.00 e. The molecular weight excluding hydrogens is 499 g/mol. The van der Waals surface area contributed by atoms with E-state index in [-0.39, 0.29) is 34.8 Å². The van der Waals surface area contributed by atoms with Crippen LogP contribution in [0.2, 0.25) is 11.5 Å². The van der Waals surface area contributed by atoms with Gasteiger partial charge in [0.05, 0.1) is 0 Å². The maximum atomic E-state index is 3.30. The van der Waals surface area contributed by atoms with Gasteiger partial charge in [-0.05, 0) is 10.8 Å². The molecule has 0 spiro atoms. The molecule has 0 saturated heterocycles. The van der Waals surface area contributed by atoms with Gasteiger partial charge in [-0.1, -0.05) is 55.4 Å². The fraction of sp³-hybridized carbons (Fsp3) is 0.636. The second kappa shape index (κ2) is 14.0. The van der Waals surface area contributed by atoms with Crippen molar-refractivity contribution in [3.8, 4) is 0 Å². The second-order valence-electron chi connectivity index (χ2n) is 8.91. The third kappa shape index (κ3) is 15.0. The number of rotatable bonds is 0. The molecule has 0 nitrogen and oxygen atoms in total. The second-order valence-corrected chi connectivity index (χ2v) is 25.9. The molecule has 0 amide bonds. The van der Waals surface area contributed by atoms with Crippen LogP contribution in [0.25, 0.3) is 0 Å². The van der Waals surface area contributed by atoms with E-state index in [1.54, 1.807) is 21.6 Å². The quantitative estimate of drug-likeness (QED) is 0.321. The predicted molar refractivity (Wildman–Crippen MR) is 107 cm³/mol. The van der Waals surface area contributed by atoms with Crippen molar-refractivity contribution in [1.82, 2.24) is 0 Å². The molecule has 0 aromatic heterocycles. The summed E-state index contributed by atoms with van der Waals surface area (Å²) in [5.41, 5.74) is 6.28. The van der Waals surface area contributed by atoms with E-state index in [0.29, 0.717) is 10.8 Å². The minimum Gasteiger partial charge on any atom is -1.00 e. The molecule has 0 N–H and O–H groups in total. The number of hydrogen-bond donors (Lipinski definition) is 0. The van der Waals surface area contributed by atoms with Crippen LogP contribution < -0.4 is 24.8 Å². The van der Waals surface area contributed by atoms with E-state index in [4.69, 9.17) is 0 Å². The smallest absolute Gasteiger partial charge is 1.00 e. The Kier molecular flexibility index (Phi) is 17.1.